The van der Waals surface area contributed by atoms with Gasteiger partial charge in [0.15, 0.2) is 0 Å². The van der Waals surface area contributed by atoms with E-state index in [1.165, 1.54) is 0 Å². The summed E-state index contributed by atoms with van der Waals surface area (Å²) < 4.78 is 28.6. The van der Waals surface area contributed by atoms with Crippen molar-refractivity contribution in [2.45, 2.75) is 37.6 Å². The molecule has 3 aromatic rings. The van der Waals surface area contributed by atoms with Crippen molar-refractivity contribution >= 4 is 15.9 Å². The molecule has 1 N–H and O–H groups in total. The molecule has 1 saturated heterocycles. The molecule has 32 heavy (non-hydrogen) atoms. The molecule has 0 atom stereocenters. The average molecular weight is 449 g/mol. The Morgan fingerprint density at radius 2 is 1.50 bits per heavy atom. The van der Waals surface area contributed by atoms with E-state index in [1.54, 1.807) is 17.9 Å². The van der Waals surface area contributed by atoms with Gasteiger partial charge in [0.2, 0.25) is 10.0 Å². The van der Waals surface area contributed by atoms with Crippen LogP contribution in [-0.4, -0.2) is 38.4 Å². The summed E-state index contributed by atoms with van der Waals surface area (Å²) in [4.78, 5) is 15.1. The van der Waals surface area contributed by atoms with Gasteiger partial charge in [0, 0.05) is 24.7 Å². The summed E-state index contributed by atoms with van der Waals surface area (Å²) in [5.41, 5.74) is 4.48. The van der Waals surface area contributed by atoms with Gasteiger partial charge in [0.1, 0.15) is 0 Å². The first-order valence-corrected chi connectivity index (χ1v) is 12.4. The van der Waals surface area contributed by atoms with Crippen LogP contribution in [0.2, 0.25) is 0 Å². The maximum Gasteiger partial charge on any atom is 0.253 e. The van der Waals surface area contributed by atoms with Gasteiger partial charge in [0.25, 0.3) is 5.91 Å². The van der Waals surface area contributed by atoms with E-state index in [1.807, 2.05) is 73.7 Å². The fourth-order valence-electron chi connectivity index (χ4n) is 4.10. The molecule has 0 radical (unpaired) electrons. The van der Waals surface area contributed by atoms with Gasteiger partial charge in [-0.3, -0.25) is 4.79 Å². The zero-order valence-corrected chi connectivity index (χ0v) is 19.2. The lowest BCUT2D eigenvalue weighted by molar-refractivity contribution is 0.0711. The standard InChI is InChI=1S/C26H28N2O3S/c1-19-8-9-20(2)25(18-19)32(30,31)27-24-14-16-28(17-15-24)26(29)23-12-10-22(11-13-23)21-6-4-3-5-7-21/h3-13,18,24,27H,14-17H2,1-2H3. The minimum Gasteiger partial charge on any atom is -0.339 e. The SMILES string of the molecule is Cc1ccc(C)c(S(=O)(=O)NC2CCN(C(=O)c3ccc(-c4ccccc4)cc3)CC2)c1. The lowest BCUT2D eigenvalue weighted by Gasteiger charge is -2.32. The number of sulfonamides is 1. The summed E-state index contributed by atoms with van der Waals surface area (Å²) >= 11 is 0. The van der Waals surface area contributed by atoms with Crippen LogP contribution in [0.5, 0.6) is 0 Å². The molecule has 1 aliphatic heterocycles. The molecule has 5 nitrogen and oxygen atoms in total. The fourth-order valence-corrected chi connectivity index (χ4v) is 5.73. The summed E-state index contributed by atoms with van der Waals surface area (Å²) in [6.45, 7) is 4.74. The van der Waals surface area contributed by atoms with Crippen molar-refractivity contribution in [3.05, 3.63) is 89.5 Å². The highest BCUT2D eigenvalue weighted by atomic mass is 32.2. The minimum atomic E-state index is -3.59. The van der Waals surface area contributed by atoms with E-state index in [0.29, 0.717) is 36.4 Å². The molecule has 0 saturated carbocycles. The van der Waals surface area contributed by atoms with E-state index in [-0.39, 0.29) is 11.9 Å². The zero-order valence-electron chi connectivity index (χ0n) is 18.4. The van der Waals surface area contributed by atoms with Crippen LogP contribution in [0.1, 0.15) is 34.3 Å². The number of hydrogen-bond acceptors (Lipinski definition) is 3. The molecule has 4 rings (SSSR count). The Balaban J connectivity index is 1.37. The monoisotopic (exact) mass is 448 g/mol. The third-order valence-electron chi connectivity index (χ3n) is 5.98. The van der Waals surface area contributed by atoms with Crippen LogP contribution >= 0.6 is 0 Å². The Morgan fingerprint density at radius 1 is 0.875 bits per heavy atom. The Hall–Kier alpha value is -2.96. The topological polar surface area (TPSA) is 66.5 Å². The van der Waals surface area contributed by atoms with Crippen LogP contribution in [0, 0.1) is 13.8 Å². The lowest BCUT2D eigenvalue weighted by atomic mass is 10.0. The van der Waals surface area contributed by atoms with Gasteiger partial charge in [-0.2, -0.15) is 0 Å². The number of rotatable bonds is 5. The van der Waals surface area contributed by atoms with Crippen molar-refractivity contribution in [1.82, 2.24) is 9.62 Å². The van der Waals surface area contributed by atoms with E-state index >= 15 is 0 Å². The van der Waals surface area contributed by atoms with Gasteiger partial charge < -0.3 is 4.90 Å². The second-order valence-electron chi connectivity index (χ2n) is 8.40. The minimum absolute atomic E-state index is 0.0135. The number of likely N-dealkylation sites (tertiary alicyclic amines) is 1. The maximum absolute atomic E-state index is 12.9. The quantitative estimate of drug-likeness (QED) is 0.623. The number of aryl methyl sites for hydroxylation is 2. The number of benzene rings is 3. The summed E-state index contributed by atoms with van der Waals surface area (Å²) in [6, 6.07) is 23.0. The van der Waals surface area contributed by atoms with E-state index in [9.17, 15) is 13.2 Å². The van der Waals surface area contributed by atoms with Crippen LogP contribution in [-0.2, 0) is 10.0 Å². The number of nitrogens with one attached hydrogen (secondary N) is 1. The second kappa shape index (κ2) is 9.27. The summed E-state index contributed by atoms with van der Waals surface area (Å²) in [6.07, 6.45) is 1.19. The third kappa shape index (κ3) is 4.92. The maximum atomic E-state index is 12.9. The molecule has 3 aromatic carbocycles. The molecular formula is C26H28N2O3S. The number of amides is 1. The van der Waals surface area contributed by atoms with Gasteiger partial charge in [-0.15, -0.1) is 0 Å². The van der Waals surface area contributed by atoms with Crippen molar-refractivity contribution < 1.29 is 13.2 Å². The Bertz CT molecular complexity index is 1200. The molecule has 0 spiro atoms. The molecular weight excluding hydrogens is 420 g/mol. The molecule has 0 bridgehead atoms. The first kappa shape index (κ1) is 22.2. The largest absolute Gasteiger partial charge is 0.339 e. The molecule has 1 amide bonds. The van der Waals surface area contributed by atoms with Crippen molar-refractivity contribution in [1.29, 1.82) is 0 Å². The second-order valence-corrected chi connectivity index (χ2v) is 10.1. The van der Waals surface area contributed by atoms with E-state index in [2.05, 4.69) is 4.72 Å². The summed E-state index contributed by atoms with van der Waals surface area (Å²) in [5.74, 6) is -0.0135. The Labute approximate surface area is 190 Å². The number of carbonyl (C=O) groups is 1. The highest BCUT2D eigenvalue weighted by molar-refractivity contribution is 7.89. The van der Waals surface area contributed by atoms with E-state index < -0.39 is 10.0 Å². The number of piperidine rings is 1. The molecule has 1 heterocycles. The van der Waals surface area contributed by atoms with Gasteiger partial charge >= 0.3 is 0 Å². The number of nitrogens with zero attached hydrogens (tertiary/aromatic N) is 1. The van der Waals surface area contributed by atoms with Gasteiger partial charge in [-0.25, -0.2) is 13.1 Å². The predicted molar refractivity (Wildman–Crippen MR) is 127 cm³/mol. The fraction of sp³-hybridized carbons (Fsp3) is 0.269. The number of hydrogen-bond donors (Lipinski definition) is 1. The van der Waals surface area contributed by atoms with Crippen molar-refractivity contribution in [2.24, 2.45) is 0 Å². The van der Waals surface area contributed by atoms with E-state index in [0.717, 1.165) is 22.3 Å². The summed E-state index contributed by atoms with van der Waals surface area (Å²) in [5, 5.41) is 0. The Morgan fingerprint density at radius 3 is 2.16 bits per heavy atom. The van der Waals surface area contributed by atoms with Crippen LogP contribution in [0.25, 0.3) is 11.1 Å². The molecule has 166 valence electrons. The first-order chi connectivity index (χ1) is 15.3. The highest BCUT2D eigenvalue weighted by Gasteiger charge is 2.28. The zero-order chi connectivity index (χ0) is 22.7. The Kier molecular flexibility index (Phi) is 6.44. The van der Waals surface area contributed by atoms with Gasteiger partial charge in [-0.1, -0.05) is 54.6 Å². The lowest BCUT2D eigenvalue weighted by Crippen LogP contribution is -2.46. The summed E-state index contributed by atoms with van der Waals surface area (Å²) in [7, 11) is -3.59. The molecule has 6 heteroatoms. The average Bonchev–Trinajstić information content (AvgIpc) is 2.81. The first-order valence-electron chi connectivity index (χ1n) is 10.9. The van der Waals surface area contributed by atoms with Crippen LogP contribution < -0.4 is 4.72 Å². The van der Waals surface area contributed by atoms with Crippen molar-refractivity contribution in [3.63, 3.8) is 0 Å². The van der Waals surface area contributed by atoms with Crippen molar-refractivity contribution in [3.8, 4) is 11.1 Å². The van der Waals surface area contributed by atoms with Gasteiger partial charge in [0.05, 0.1) is 4.90 Å². The normalized spacial score (nSPS) is 15.0. The predicted octanol–water partition coefficient (Wildman–Crippen LogP) is 4.55. The smallest absolute Gasteiger partial charge is 0.253 e. The van der Waals surface area contributed by atoms with Crippen LogP contribution in [0.15, 0.2) is 77.7 Å². The molecule has 1 fully saturated rings. The van der Waals surface area contributed by atoms with Crippen LogP contribution in [0.3, 0.4) is 0 Å². The van der Waals surface area contributed by atoms with Gasteiger partial charge in [-0.05, 0) is 67.1 Å². The third-order valence-corrected chi connectivity index (χ3v) is 7.64. The molecule has 0 aromatic heterocycles. The highest BCUT2D eigenvalue weighted by Crippen LogP contribution is 2.22. The molecule has 0 unspecified atom stereocenters. The van der Waals surface area contributed by atoms with Crippen molar-refractivity contribution in [2.75, 3.05) is 13.1 Å². The van der Waals surface area contributed by atoms with Crippen LogP contribution in [0.4, 0.5) is 0 Å². The van der Waals surface area contributed by atoms with E-state index in [4.69, 9.17) is 0 Å². The number of carbonyl (C=O) groups excluding carboxylic acids is 1. The molecule has 1 aliphatic rings. The molecule has 0 aliphatic carbocycles.